The van der Waals surface area contributed by atoms with Crippen molar-refractivity contribution < 1.29 is 15.0 Å². The number of rotatable bonds is 8. The minimum Gasteiger partial charge on any atom is -0.504 e. The van der Waals surface area contributed by atoms with Gasteiger partial charge in [0.2, 0.25) is 0 Å². The number of benzene rings is 2. The van der Waals surface area contributed by atoms with Crippen LogP contribution in [-0.2, 0) is 11.2 Å². The average molecular weight is 326 g/mol. The molecule has 0 aromatic heterocycles. The lowest BCUT2D eigenvalue weighted by atomic mass is 9.85. The monoisotopic (exact) mass is 326 g/mol. The zero-order valence-corrected chi connectivity index (χ0v) is 14.4. The summed E-state index contributed by atoms with van der Waals surface area (Å²) in [6.45, 7) is 4.16. The van der Waals surface area contributed by atoms with Crippen molar-refractivity contribution in [2.24, 2.45) is 5.92 Å². The first-order chi connectivity index (χ1) is 11.5. The van der Waals surface area contributed by atoms with Gasteiger partial charge in [-0.3, -0.25) is 4.79 Å². The fraction of sp³-hybridized carbons (Fsp3) is 0.381. The maximum Gasteiger partial charge on any atom is 0.157 e. The molecule has 128 valence electrons. The topological polar surface area (TPSA) is 57.5 Å². The molecule has 0 amide bonds. The number of aryl methyl sites for hydroxylation is 1. The number of hydrogen-bond donors (Lipinski definition) is 2. The molecule has 2 aromatic rings. The molecule has 0 aliphatic rings. The van der Waals surface area contributed by atoms with Crippen molar-refractivity contribution in [1.82, 2.24) is 0 Å². The third-order valence-electron chi connectivity index (χ3n) is 4.65. The zero-order chi connectivity index (χ0) is 17.5. The third kappa shape index (κ3) is 4.85. The van der Waals surface area contributed by atoms with Crippen molar-refractivity contribution in [3.8, 4) is 11.5 Å². The van der Waals surface area contributed by atoms with Gasteiger partial charge in [0.1, 0.15) is 5.78 Å². The predicted octanol–water partition coefficient (Wildman–Crippen LogP) is 4.82. The van der Waals surface area contributed by atoms with Crippen LogP contribution in [0.2, 0.25) is 0 Å². The first-order valence-electron chi connectivity index (χ1n) is 8.59. The van der Waals surface area contributed by atoms with Crippen LogP contribution in [-0.4, -0.2) is 16.0 Å². The second-order valence-electron chi connectivity index (χ2n) is 6.44. The average Bonchev–Trinajstić information content (AvgIpc) is 2.60. The van der Waals surface area contributed by atoms with E-state index in [-0.39, 0.29) is 23.2 Å². The molecular formula is C21H26O3. The normalized spacial score (nSPS) is 13.4. The molecule has 2 N–H and O–H groups in total. The van der Waals surface area contributed by atoms with Crippen molar-refractivity contribution in [3.05, 3.63) is 59.7 Å². The van der Waals surface area contributed by atoms with Gasteiger partial charge in [-0.15, -0.1) is 0 Å². The van der Waals surface area contributed by atoms with Crippen molar-refractivity contribution in [3.63, 3.8) is 0 Å². The van der Waals surface area contributed by atoms with Gasteiger partial charge in [0, 0.05) is 12.3 Å². The van der Waals surface area contributed by atoms with Gasteiger partial charge in [-0.05, 0) is 48.4 Å². The van der Waals surface area contributed by atoms with Crippen LogP contribution in [0.3, 0.4) is 0 Å². The van der Waals surface area contributed by atoms with Crippen LogP contribution in [0.25, 0.3) is 0 Å². The van der Waals surface area contributed by atoms with E-state index in [1.54, 1.807) is 6.07 Å². The molecule has 3 heteroatoms. The number of Topliss-reactive ketones (excluding diaryl/α,β-unsaturated/α-hetero) is 1. The minimum atomic E-state index is -0.136. The summed E-state index contributed by atoms with van der Waals surface area (Å²) in [5, 5.41) is 18.8. The van der Waals surface area contributed by atoms with Crippen LogP contribution in [0, 0.1) is 5.92 Å². The maximum atomic E-state index is 12.4. The Kier molecular flexibility index (Phi) is 6.42. The van der Waals surface area contributed by atoms with E-state index in [1.807, 2.05) is 25.1 Å². The largest absolute Gasteiger partial charge is 0.504 e. The van der Waals surface area contributed by atoms with Crippen LogP contribution >= 0.6 is 0 Å². The summed E-state index contributed by atoms with van der Waals surface area (Å²) in [6.07, 6.45) is 2.92. The van der Waals surface area contributed by atoms with Crippen LogP contribution in [0.15, 0.2) is 48.5 Å². The highest BCUT2D eigenvalue weighted by Crippen LogP contribution is 2.29. The van der Waals surface area contributed by atoms with Crippen molar-refractivity contribution in [2.75, 3.05) is 0 Å². The second-order valence-corrected chi connectivity index (χ2v) is 6.44. The predicted molar refractivity (Wildman–Crippen MR) is 96.4 cm³/mol. The molecule has 0 saturated heterocycles. The van der Waals surface area contributed by atoms with E-state index in [0.29, 0.717) is 18.8 Å². The molecule has 2 atom stereocenters. The molecule has 3 nitrogen and oxygen atoms in total. The number of phenolic OH excluding ortho intramolecular Hbond substituents is 2. The Labute approximate surface area is 144 Å². The Morgan fingerprint density at radius 3 is 2.38 bits per heavy atom. The van der Waals surface area contributed by atoms with E-state index in [1.165, 1.54) is 17.7 Å². The van der Waals surface area contributed by atoms with Gasteiger partial charge in [0.25, 0.3) is 0 Å². The summed E-state index contributed by atoms with van der Waals surface area (Å²) in [5.74, 6) is 0.399. The lowest BCUT2D eigenvalue weighted by molar-refractivity contribution is -0.122. The fourth-order valence-corrected chi connectivity index (χ4v) is 3.06. The highest BCUT2D eigenvalue weighted by Gasteiger charge is 2.19. The van der Waals surface area contributed by atoms with Gasteiger partial charge in [-0.25, -0.2) is 0 Å². The highest BCUT2D eigenvalue weighted by molar-refractivity contribution is 5.81. The van der Waals surface area contributed by atoms with E-state index < -0.39 is 0 Å². The summed E-state index contributed by atoms with van der Waals surface area (Å²) >= 11 is 0. The minimum absolute atomic E-state index is 0.0147. The summed E-state index contributed by atoms with van der Waals surface area (Å²) in [7, 11) is 0. The van der Waals surface area contributed by atoms with E-state index in [2.05, 4.69) is 19.1 Å². The number of hydrogen-bond acceptors (Lipinski definition) is 3. The van der Waals surface area contributed by atoms with Gasteiger partial charge in [0.05, 0.1) is 0 Å². The lowest BCUT2D eigenvalue weighted by Gasteiger charge is -2.19. The van der Waals surface area contributed by atoms with Crippen molar-refractivity contribution in [2.45, 2.75) is 45.4 Å². The third-order valence-corrected chi connectivity index (χ3v) is 4.65. The molecular weight excluding hydrogens is 300 g/mol. The zero-order valence-electron chi connectivity index (χ0n) is 14.4. The van der Waals surface area contributed by atoms with Gasteiger partial charge in [-0.2, -0.15) is 0 Å². The molecule has 0 radical (unpaired) electrons. The summed E-state index contributed by atoms with van der Waals surface area (Å²) in [4.78, 5) is 12.4. The van der Waals surface area contributed by atoms with Crippen molar-refractivity contribution in [1.29, 1.82) is 0 Å². The SMILES string of the molecule is CCC(CC(C)C(=O)CCc1ccc(O)c(O)c1)c1ccccc1. The molecule has 2 unspecified atom stereocenters. The fourth-order valence-electron chi connectivity index (χ4n) is 3.06. The first-order valence-corrected chi connectivity index (χ1v) is 8.59. The van der Waals surface area contributed by atoms with Crippen LogP contribution in [0.4, 0.5) is 0 Å². The molecule has 24 heavy (non-hydrogen) atoms. The number of ketones is 1. The van der Waals surface area contributed by atoms with Gasteiger partial charge in [-0.1, -0.05) is 50.2 Å². The molecule has 0 aliphatic carbocycles. The lowest BCUT2D eigenvalue weighted by Crippen LogP contribution is -2.15. The maximum absolute atomic E-state index is 12.4. The number of carbonyl (C=O) groups excluding carboxylic acids is 1. The molecule has 0 bridgehead atoms. The summed E-state index contributed by atoms with van der Waals surface area (Å²) in [5.41, 5.74) is 2.16. The second kappa shape index (κ2) is 8.53. The Morgan fingerprint density at radius 2 is 1.75 bits per heavy atom. The Hall–Kier alpha value is -2.29. The van der Waals surface area contributed by atoms with E-state index >= 15 is 0 Å². The molecule has 0 heterocycles. The van der Waals surface area contributed by atoms with Crippen LogP contribution < -0.4 is 0 Å². The molecule has 0 spiro atoms. The molecule has 2 rings (SSSR count). The van der Waals surface area contributed by atoms with Crippen LogP contribution in [0.1, 0.15) is 50.2 Å². The molecule has 0 aliphatic heterocycles. The van der Waals surface area contributed by atoms with E-state index in [9.17, 15) is 15.0 Å². The Morgan fingerprint density at radius 1 is 1.04 bits per heavy atom. The van der Waals surface area contributed by atoms with Gasteiger partial charge in [0.15, 0.2) is 11.5 Å². The quantitative estimate of drug-likeness (QED) is 0.684. The number of carbonyl (C=O) groups is 1. The number of aromatic hydroxyl groups is 2. The smallest absolute Gasteiger partial charge is 0.157 e. The number of phenols is 2. The molecule has 2 aromatic carbocycles. The first kappa shape index (κ1) is 18.1. The summed E-state index contributed by atoms with van der Waals surface area (Å²) < 4.78 is 0. The van der Waals surface area contributed by atoms with Gasteiger partial charge < -0.3 is 10.2 Å². The van der Waals surface area contributed by atoms with E-state index in [0.717, 1.165) is 18.4 Å². The van der Waals surface area contributed by atoms with Crippen LogP contribution in [0.5, 0.6) is 11.5 Å². The molecule has 0 saturated carbocycles. The van der Waals surface area contributed by atoms with Crippen molar-refractivity contribution >= 4 is 5.78 Å². The Bertz CT molecular complexity index is 664. The highest BCUT2D eigenvalue weighted by atomic mass is 16.3. The van der Waals surface area contributed by atoms with E-state index in [4.69, 9.17) is 0 Å². The van der Waals surface area contributed by atoms with Gasteiger partial charge >= 0.3 is 0 Å². The summed E-state index contributed by atoms with van der Waals surface area (Å²) in [6, 6.07) is 15.1. The Balaban J connectivity index is 1.90. The molecule has 0 fully saturated rings. The standard InChI is InChI=1S/C21H26O3/c1-3-17(18-7-5-4-6-8-18)13-15(2)19(22)11-9-16-10-12-20(23)21(24)14-16/h4-8,10,12,14-15,17,23-24H,3,9,11,13H2,1-2H3.